The van der Waals surface area contributed by atoms with E-state index in [0.29, 0.717) is 19.3 Å². The van der Waals surface area contributed by atoms with Crippen molar-refractivity contribution < 1.29 is 28.6 Å². The Labute approximate surface area is 507 Å². The second-order valence-electron chi connectivity index (χ2n) is 22.7. The lowest BCUT2D eigenvalue weighted by atomic mass is 10.0. The van der Waals surface area contributed by atoms with Gasteiger partial charge in [0.2, 0.25) is 0 Å². The van der Waals surface area contributed by atoms with Crippen LogP contribution in [-0.2, 0) is 28.6 Å². The second-order valence-corrected chi connectivity index (χ2v) is 22.7. The predicted molar refractivity (Wildman–Crippen MR) is 357 cm³/mol. The van der Waals surface area contributed by atoms with Gasteiger partial charge in [0, 0.05) is 19.3 Å². The van der Waals surface area contributed by atoms with E-state index in [-0.39, 0.29) is 38.0 Å². The van der Waals surface area contributed by atoms with Crippen LogP contribution < -0.4 is 0 Å². The predicted octanol–water partition coefficient (Wildman–Crippen LogP) is 23.9. The third kappa shape index (κ3) is 66.6. The van der Waals surface area contributed by atoms with E-state index < -0.39 is 12.1 Å². The molecule has 82 heavy (non-hydrogen) atoms. The second kappa shape index (κ2) is 69.3. The highest BCUT2D eigenvalue weighted by atomic mass is 16.6. The van der Waals surface area contributed by atoms with Crippen LogP contribution >= 0.6 is 0 Å². The van der Waals surface area contributed by atoms with E-state index in [0.717, 1.165) is 83.5 Å². The smallest absolute Gasteiger partial charge is 0.306 e. The number of rotatable bonds is 62. The standard InChI is InChI=1S/C76H128O6/c1-4-7-10-13-16-19-22-25-27-29-31-32-33-34-35-36-37-38-39-40-41-42-43-45-46-48-51-54-57-60-63-66-69-75(78)81-72-73(71-80-74(77)68-65-62-59-56-53-50-24-21-18-15-12-9-6-3)82-76(79)70-67-64-61-58-55-52-49-47-44-30-28-26-23-20-17-14-11-8-5-2/h8-9,11-12,17-18,20-21,26,28,44,47,50,52-53,55,59,61-62,64,73H,4-7,10,13-16,19,22-25,27,29-43,45-46,48-49,51,54,56-58,60,63,65-72H2,1-3H3/b11-8-,12-9-,20-17-,21-18-,28-26-,47-44-,53-50-,55-52-,62-59-,64-61-. The summed E-state index contributed by atoms with van der Waals surface area (Å²) in [7, 11) is 0. The van der Waals surface area contributed by atoms with Gasteiger partial charge in [0.05, 0.1) is 0 Å². The van der Waals surface area contributed by atoms with Crippen LogP contribution in [-0.4, -0.2) is 37.2 Å². The molecular weight excluding hydrogens is 1010 g/mol. The maximum atomic E-state index is 12.9. The topological polar surface area (TPSA) is 78.9 Å². The molecule has 0 saturated carbocycles. The lowest BCUT2D eigenvalue weighted by Gasteiger charge is -2.18. The number of hydrogen-bond acceptors (Lipinski definition) is 6. The fourth-order valence-corrected chi connectivity index (χ4v) is 9.66. The van der Waals surface area contributed by atoms with Crippen LogP contribution in [0.5, 0.6) is 0 Å². The number of ether oxygens (including phenoxy) is 3. The molecule has 0 heterocycles. The van der Waals surface area contributed by atoms with Crippen LogP contribution in [0.15, 0.2) is 122 Å². The molecule has 468 valence electrons. The van der Waals surface area contributed by atoms with Gasteiger partial charge in [-0.3, -0.25) is 14.4 Å². The molecule has 0 aromatic heterocycles. The summed E-state index contributed by atoms with van der Waals surface area (Å²) >= 11 is 0. The molecular formula is C76H128O6. The molecule has 0 amide bonds. The highest BCUT2D eigenvalue weighted by molar-refractivity contribution is 5.71. The van der Waals surface area contributed by atoms with Gasteiger partial charge in [0.25, 0.3) is 0 Å². The van der Waals surface area contributed by atoms with E-state index >= 15 is 0 Å². The first-order valence-electron chi connectivity index (χ1n) is 34.5. The summed E-state index contributed by atoms with van der Waals surface area (Å²) in [6, 6.07) is 0. The summed E-state index contributed by atoms with van der Waals surface area (Å²) in [6.45, 7) is 6.31. The zero-order chi connectivity index (χ0) is 59.2. The molecule has 0 radical (unpaired) electrons. The van der Waals surface area contributed by atoms with Crippen molar-refractivity contribution in [1.82, 2.24) is 0 Å². The van der Waals surface area contributed by atoms with E-state index in [4.69, 9.17) is 14.2 Å². The van der Waals surface area contributed by atoms with Crippen molar-refractivity contribution in [2.75, 3.05) is 13.2 Å². The van der Waals surface area contributed by atoms with Gasteiger partial charge in [-0.05, 0) is 83.5 Å². The SMILES string of the molecule is CC/C=C\C/C=C\C/C=C\C/C=C\C/C=C\C/C=C\CCC(=O)OC(COC(=O)CC/C=C\C/C=C\C/C=C\C/C=C\CC)COC(=O)CCCCCCCCCCCCCCCCCCCCCCCCCCCCCCCCCC. The monoisotopic (exact) mass is 1140 g/mol. The minimum atomic E-state index is -0.851. The number of carbonyl (C=O) groups is 3. The molecule has 0 N–H and O–H groups in total. The molecule has 0 aliphatic carbocycles. The van der Waals surface area contributed by atoms with E-state index in [1.807, 2.05) is 24.3 Å². The molecule has 0 spiro atoms. The van der Waals surface area contributed by atoms with Gasteiger partial charge in [-0.15, -0.1) is 0 Å². The highest BCUT2D eigenvalue weighted by Gasteiger charge is 2.19. The number of hydrogen-bond donors (Lipinski definition) is 0. The van der Waals surface area contributed by atoms with E-state index in [2.05, 4.69) is 118 Å². The van der Waals surface area contributed by atoms with Crippen LogP contribution in [0.2, 0.25) is 0 Å². The van der Waals surface area contributed by atoms with Crippen molar-refractivity contribution >= 4 is 17.9 Å². The van der Waals surface area contributed by atoms with Crippen LogP contribution in [0.3, 0.4) is 0 Å². The van der Waals surface area contributed by atoms with Gasteiger partial charge < -0.3 is 14.2 Å². The van der Waals surface area contributed by atoms with Crippen molar-refractivity contribution in [2.24, 2.45) is 0 Å². The Kier molecular flexibility index (Phi) is 65.8. The van der Waals surface area contributed by atoms with Gasteiger partial charge >= 0.3 is 17.9 Å². The number of esters is 3. The van der Waals surface area contributed by atoms with E-state index in [1.165, 1.54) is 186 Å². The lowest BCUT2D eigenvalue weighted by Crippen LogP contribution is -2.30. The Balaban J connectivity index is 4.27. The fourth-order valence-electron chi connectivity index (χ4n) is 9.66. The third-order valence-electron chi connectivity index (χ3n) is 14.7. The van der Waals surface area contributed by atoms with Crippen molar-refractivity contribution in [3.63, 3.8) is 0 Å². The van der Waals surface area contributed by atoms with Gasteiger partial charge in [-0.1, -0.05) is 341 Å². The van der Waals surface area contributed by atoms with Crippen molar-refractivity contribution in [3.8, 4) is 0 Å². The minimum absolute atomic E-state index is 0.131. The molecule has 6 heteroatoms. The Morgan fingerprint density at radius 3 is 0.744 bits per heavy atom. The minimum Gasteiger partial charge on any atom is -0.462 e. The molecule has 0 fully saturated rings. The zero-order valence-corrected chi connectivity index (χ0v) is 53.7. The molecule has 0 aliphatic heterocycles. The highest BCUT2D eigenvalue weighted by Crippen LogP contribution is 2.18. The lowest BCUT2D eigenvalue weighted by molar-refractivity contribution is -0.166. The van der Waals surface area contributed by atoms with E-state index in [9.17, 15) is 14.4 Å². The van der Waals surface area contributed by atoms with Crippen LogP contribution in [0.25, 0.3) is 0 Å². The average Bonchev–Trinajstić information content (AvgIpc) is 3.47. The van der Waals surface area contributed by atoms with Crippen molar-refractivity contribution in [3.05, 3.63) is 122 Å². The summed E-state index contributed by atoms with van der Waals surface area (Å²) in [5.41, 5.74) is 0. The zero-order valence-electron chi connectivity index (χ0n) is 53.7. The number of allylic oxidation sites excluding steroid dienone is 20. The van der Waals surface area contributed by atoms with Crippen LogP contribution in [0.4, 0.5) is 0 Å². The third-order valence-corrected chi connectivity index (χ3v) is 14.7. The molecule has 0 saturated heterocycles. The molecule has 0 rings (SSSR count). The average molecular weight is 1140 g/mol. The fraction of sp³-hybridized carbons (Fsp3) is 0.697. The molecule has 0 aliphatic rings. The normalized spacial score (nSPS) is 12.9. The maximum Gasteiger partial charge on any atom is 0.306 e. The first kappa shape index (κ1) is 77.8. The molecule has 6 nitrogen and oxygen atoms in total. The van der Waals surface area contributed by atoms with Crippen molar-refractivity contribution in [1.29, 1.82) is 0 Å². The Bertz CT molecular complexity index is 1690. The summed E-state index contributed by atoms with van der Waals surface area (Å²) in [5, 5.41) is 0. The molecule has 1 atom stereocenters. The quantitative estimate of drug-likeness (QED) is 0.0261. The van der Waals surface area contributed by atoms with Crippen LogP contribution in [0, 0.1) is 0 Å². The van der Waals surface area contributed by atoms with E-state index in [1.54, 1.807) is 0 Å². The maximum absolute atomic E-state index is 12.9. The van der Waals surface area contributed by atoms with Crippen LogP contribution in [0.1, 0.15) is 323 Å². The van der Waals surface area contributed by atoms with Gasteiger partial charge in [0.15, 0.2) is 6.10 Å². The summed E-state index contributed by atoms with van der Waals surface area (Å²) in [5.74, 6) is -1.10. The largest absolute Gasteiger partial charge is 0.462 e. The Morgan fingerprint density at radius 2 is 0.476 bits per heavy atom. The first-order valence-corrected chi connectivity index (χ1v) is 34.5. The van der Waals surface area contributed by atoms with Gasteiger partial charge in [-0.25, -0.2) is 0 Å². The summed E-state index contributed by atoms with van der Waals surface area (Å²) in [4.78, 5) is 38.2. The summed E-state index contributed by atoms with van der Waals surface area (Å²) < 4.78 is 16.8. The Hall–Kier alpha value is -4.19. The Morgan fingerprint density at radius 1 is 0.256 bits per heavy atom. The first-order chi connectivity index (χ1) is 40.5. The van der Waals surface area contributed by atoms with Gasteiger partial charge in [-0.2, -0.15) is 0 Å². The molecule has 0 aromatic carbocycles. The molecule has 0 bridgehead atoms. The molecule has 1 unspecified atom stereocenters. The van der Waals surface area contributed by atoms with Gasteiger partial charge in [0.1, 0.15) is 13.2 Å². The van der Waals surface area contributed by atoms with Crippen molar-refractivity contribution in [2.45, 2.75) is 329 Å². The number of unbranched alkanes of at least 4 members (excludes halogenated alkanes) is 31. The molecule has 0 aromatic rings. The summed E-state index contributed by atoms with van der Waals surface area (Å²) in [6.07, 6.45) is 97.1. The number of carbonyl (C=O) groups excluding carboxylic acids is 3.